The molecule has 1 aromatic heterocycles. The minimum Gasteiger partial charge on any atom is -0.478 e. The van der Waals surface area contributed by atoms with Gasteiger partial charge < -0.3 is 9.67 Å². The zero-order chi connectivity index (χ0) is 14.8. The van der Waals surface area contributed by atoms with Gasteiger partial charge in [0.15, 0.2) is 5.16 Å². The standard InChI is InChI=1S/C15H17N3O2S/c1-10-6-7-12(11(9-10)14(19)20)21-15-17-16-13-5-3-2-4-8-18(13)15/h6-7,9H,2-5,8H2,1H3,(H,19,20). The van der Waals surface area contributed by atoms with Gasteiger partial charge in [-0.25, -0.2) is 4.79 Å². The zero-order valence-corrected chi connectivity index (χ0v) is 12.7. The zero-order valence-electron chi connectivity index (χ0n) is 11.9. The third kappa shape index (κ3) is 2.95. The van der Waals surface area contributed by atoms with Crippen molar-refractivity contribution >= 4 is 17.7 Å². The molecule has 0 spiro atoms. The fraction of sp³-hybridized carbons (Fsp3) is 0.400. The molecule has 1 N–H and O–H groups in total. The lowest BCUT2D eigenvalue weighted by Crippen LogP contribution is -2.03. The molecule has 0 radical (unpaired) electrons. The van der Waals surface area contributed by atoms with Crippen molar-refractivity contribution in [3.05, 3.63) is 35.2 Å². The molecule has 1 aliphatic rings. The molecular weight excluding hydrogens is 286 g/mol. The number of benzene rings is 1. The molecule has 0 aliphatic carbocycles. The van der Waals surface area contributed by atoms with E-state index < -0.39 is 5.97 Å². The van der Waals surface area contributed by atoms with Crippen molar-refractivity contribution in [1.29, 1.82) is 0 Å². The third-order valence-corrected chi connectivity index (χ3v) is 4.70. The summed E-state index contributed by atoms with van der Waals surface area (Å²) in [5.41, 5.74) is 1.27. The van der Waals surface area contributed by atoms with E-state index in [1.54, 1.807) is 6.07 Å². The van der Waals surface area contributed by atoms with Crippen molar-refractivity contribution in [2.24, 2.45) is 0 Å². The van der Waals surface area contributed by atoms with Crippen LogP contribution in [0.2, 0.25) is 0 Å². The van der Waals surface area contributed by atoms with E-state index in [0.29, 0.717) is 10.5 Å². The number of carbonyl (C=O) groups is 1. The smallest absolute Gasteiger partial charge is 0.336 e. The Kier molecular flexibility index (Phi) is 3.96. The van der Waals surface area contributed by atoms with Crippen LogP contribution in [0.1, 0.15) is 41.0 Å². The number of nitrogens with zero attached hydrogens (tertiary/aromatic N) is 3. The number of hydrogen-bond acceptors (Lipinski definition) is 4. The minimum absolute atomic E-state index is 0.325. The summed E-state index contributed by atoms with van der Waals surface area (Å²) in [5.74, 6) is 0.107. The minimum atomic E-state index is -0.906. The molecule has 0 unspecified atom stereocenters. The number of aromatic nitrogens is 3. The van der Waals surface area contributed by atoms with E-state index in [2.05, 4.69) is 14.8 Å². The van der Waals surface area contributed by atoms with Gasteiger partial charge in [-0.05, 0) is 43.7 Å². The number of aryl methyl sites for hydroxylation is 2. The van der Waals surface area contributed by atoms with Crippen LogP contribution in [0.5, 0.6) is 0 Å². The maximum Gasteiger partial charge on any atom is 0.336 e. The van der Waals surface area contributed by atoms with Crippen molar-refractivity contribution in [2.45, 2.75) is 49.2 Å². The van der Waals surface area contributed by atoms with Gasteiger partial charge in [-0.2, -0.15) is 0 Å². The average molecular weight is 303 g/mol. The summed E-state index contributed by atoms with van der Waals surface area (Å²) in [6.07, 6.45) is 4.43. The van der Waals surface area contributed by atoms with Gasteiger partial charge >= 0.3 is 5.97 Å². The average Bonchev–Trinajstić information content (AvgIpc) is 2.69. The fourth-order valence-electron chi connectivity index (χ4n) is 2.53. The van der Waals surface area contributed by atoms with Gasteiger partial charge in [-0.1, -0.05) is 18.1 Å². The molecule has 3 rings (SSSR count). The van der Waals surface area contributed by atoms with Crippen molar-refractivity contribution in [3.8, 4) is 0 Å². The van der Waals surface area contributed by atoms with Gasteiger partial charge in [0.1, 0.15) is 5.82 Å². The first-order chi connectivity index (χ1) is 10.1. The van der Waals surface area contributed by atoms with E-state index in [9.17, 15) is 9.90 Å². The number of hydrogen-bond donors (Lipinski definition) is 1. The third-order valence-electron chi connectivity index (χ3n) is 3.64. The molecule has 0 fully saturated rings. The number of carboxylic acids is 1. The van der Waals surface area contributed by atoms with Crippen LogP contribution >= 0.6 is 11.8 Å². The van der Waals surface area contributed by atoms with E-state index in [1.165, 1.54) is 18.2 Å². The predicted octanol–water partition coefficient (Wildman–Crippen LogP) is 3.16. The fourth-order valence-corrected chi connectivity index (χ4v) is 3.51. The highest BCUT2D eigenvalue weighted by Crippen LogP contribution is 2.31. The summed E-state index contributed by atoms with van der Waals surface area (Å²) in [6.45, 7) is 2.81. The van der Waals surface area contributed by atoms with Crippen molar-refractivity contribution in [1.82, 2.24) is 14.8 Å². The van der Waals surface area contributed by atoms with Crippen LogP contribution in [0.4, 0.5) is 0 Å². The van der Waals surface area contributed by atoms with Gasteiger partial charge in [0.2, 0.25) is 0 Å². The molecule has 6 heteroatoms. The lowest BCUT2D eigenvalue weighted by Gasteiger charge is -2.08. The molecule has 0 saturated carbocycles. The lowest BCUT2D eigenvalue weighted by molar-refractivity contribution is 0.0693. The SMILES string of the molecule is Cc1ccc(Sc2nnc3n2CCCCC3)c(C(=O)O)c1. The van der Waals surface area contributed by atoms with E-state index in [4.69, 9.17) is 0 Å². The summed E-state index contributed by atoms with van der Waals surface area (Å²) in [4.78, 5) is 12.1. The number of fused-ring (bicyclic) bond motifs is 1. The Balaban J connectivity index is 1.94. The molecule has 0 amide bonds. The Morgan fingerprint density at radius 2 is 2.14 bits per heavy atom. The first-order valence-corrected chi connectivity index (χ1v) is 7.90. The molecule has 21 heavy (non-hydrogen) atoms. The first kappa shape index (κ1) is 14.1. The summed E-state index contributed by atoms with van der Waals surface area (Å²) in [6, 6.07) is 5.47. The van der Waals surface area contributed by atoms with Gasteiger partial charge in [0, 0.05) is 17.9 Å². The maximum absolute atomic E-state index is 11.4. The highest BCUT2D eigenvalue weighted by Gasteiger charge is 2.18. The molecule has 110 valence electrons. The molecule has 1 aliphatic heterocycles. The number of rotatable bonds is 3. The second-order valence-corrected chi connectivity index (χ2v) is 6.28. The summed E-state index contributed by atoms with van der Waals surface area (Å²) in [5, 5.41) is 18.6. The lowest BCUT2D eigenvalue weighted by atomic mass is 10.1. The largest absolute Gasteiger partial charge is 0.478 e. The van der Waals surface area contributed by atoms with Crippen LogP contribution in [0.25, 0.3) is 0 Å². The van der Waals surface area contributed by atoms with Crippen molar-refractivity contribution in [3.63, 3.8) is 0 Å². The van der Waals surface area contributed by atoms with Crippen LogP contribution in [0.15, 0.2) is 28.3 Å². The number of carboxylic acid groups (broad SMARTS) is 1. The van der Waals surface area contributed by atoms with E-state index in [0.717, 1.165) is 42.4 Å². The molecule has 1 aromatic carbocycles. The Hall–Kier alpha value is -1.82. The van der Waals surface area contributed by atoms with Gasteiger partial charge in [0.05, 0.1) is 5.56 Å². The molecular formula is C15H17N3O2S. The molecule has 0 atom stereocenters. The topological polar surface area (TPSA) is 68.0 Å². The molecule has 2 aromatic rings. The van der Waals surface area contributed by atoms with Crippen molar-refractivity contribution < 1.29 is 9.90 Å². The van der Waals surface area contributed by atoms with Gasteiger partial charge in [0.25, 0.3) is 0 Å². The van der Waals surface area contributed by atoms with E-state index >= 15 is 0 Å². The summed E-state index contributed by atoms with van der Waals surface area (Å²) < 4.78 is 2.13. The quantitative estimate of drug-likeness (QED) is 0.943. The van der Waals surface area contributed by atoms with E-state index in [-0.39, 0.29) is 0 Å². The van der Waals surface area contributed by atoms with E-state index in [1.807, 2.05) is 19.1 Å². The number of aromatic carboxylic acids is 1. The molecule has 2 heterocycles. The Bertz CT molecular complexity index is 682. The first-order valence-electron chi connectivity index (χ1n) is 7.09. The summed E-state index contributed by atoms with van der Waals surface area (Å²) in [7, 11) is 0. The predicted molar refractivity (Wildman–Crippen MR) is 79.8 cm³/mol. The van der Waals surface area contributed by atoms with Crippen molar-refractivity contribution in [2.75, 3.05) is 0 Å². The second kappa shape index (κ2) is 5.89. The highest BCUT2D eigenvalue weighted by atomic mass is 32.2. The summed E-state index contributed by atoms with van der Waals surface area (Å²) >= 11 is 1.39. The second-order valence-electron chi connectivity index (χ2n) is 5.27. The van der Waals surface area contributed by atoms with Gasteiger partial charge in [-0.3, -0.25) is 0 Å². The Morgan fingerprint density at radius 3 is 2.95 bits per heavy atom. The highest BCUT2D eigenvalue weighted by molar-refractivity contribution is 7.99. The van der Waals surface area contributed by atoms with Crippen LogP contribution in [-0.4, -0.2) is 25.8 Å². The van der Waals surface area contributed by atoms with Crippen LogP contribution < -0.4 is 0 Å². The molecule has 0 bridgehead atoms. The van der Waals surface area contributed by atoms with Crippen LogP contribution in [0.3, 0.4) is 0 Å². The van der Waals surface area contributed by atoms with Crippen LogP contribution in [0, 0.1) is 6.92 Å². The maximum atomic E-state index is 11.4. The Morgan fingerprint density at radius 1 is 1.29 bits per heavy atom. The Labute approximate surface area is 127 Å². The monoisotopic (exact) mass is 303 g/mol. The normalized spacial score (nSPS) is 14.5. The van der Waals surface area contributed by atoms with Crippen LogP contribution in [-0.2, 0) is 13.0 Å². The molecule has 5 nitrogen and oxygen atoms in total. The molecule has 0 saturated heterocycles. The van der Waals surface area contributed by atoms with Gasteiger partial charge in [-0.15, -0.1) is 10.2 Å².